The summed E-state index contributed by atoms with van der Waals surface area (Å²) < 4.78 is 60.7. The number of amides is 1. The largest absolute Gasteiger partial charge is 0.482 e. The van der Waals surface area contributed by atoms with Crippen LogP contribution in [0.2, 0.25) is 0 Å². The summed E-state index contributed by atoms with van der Waals surface area (Å²) in [6.07, 6.45) is -5.81. The molecule has 0 aliphatic heterocycles. The topological polar surface area (TPSA) is 64.6 Å². The van der Waals surface area contributed by atoms with Gasteiger partial charge in [-0.2, -0.15) is 13.2 Å². The zero-order chi connectivity index (χ0) is 20.0. The van der Waals surface area contributed by atoms with Crippen LogP contribution in [0.3, 0.4) is 0 Å². The van der Waals surface area contributed by atoms with E-state index in [0.717, 1.165) is 30.3 Å². The van der Waals surface area contributed by atoms with E-state index in [-0.39, 0.29) is 11.4 Å². The van der Waals surface area contributed by atoms with Crippen molar-refractivity contribution in [2.45, 2.75) is 19.2 Å². The van der Waals surface area contributed by atoms with Gasteiger partial charge in [0.15, 0.2) is 12.7 Å². The van der Waals surface area contributed by atoms with Gasteiger partial charge in [0.25, 0.3) is 5.91 Å². The molecule has 0 radical (unpaired) electrons. The summed E-state index contributed by atoms with van der Waals surface area (Å²) in [5.74, 6) is -1.91. The molecule has 27 heavy (non-hydrogen) atoms. The van der Waals surface area contributed by atoms with Gasteiger partial charge in [0, 0.05) is 5.69 Å². The van der Waals surface area contributed by atoms with Crippen LogP contribution in [-0.4, -0.2) is 24.6 Å². The van der Waals surface area contributed by atoms with E-state index in [0.29, 0.717) is 0 Å². The molecule has 0 heterocycles. The van der Waals surface area contributed by atoms with Crippen molar-refractivity contribution < 1.29 is 36.6 Å². The number of hydrogen-bond donors (Lipinski definition) is 1. The molecule has 9 heteroatoms. The minimum Gasteiger partial charge on any atom is -0.482 e. The van der Waals surface area contributed by atoms with E-state index in [2.05, 4.69) is 5.32 Å². The summed E-state index contributed by atoms with van der Waals surface area (Å²) in [5, 5.41) is 2.24. The Hall–Kier alpha value is -3.10. The predicted molar refractivity (Wildman–Crippen MR) is 87.5 cm³/mol. The number of rotatable bonds is 6. The van der Waals surface area contributed by atoms with Crippen molar-refractivity contribution in [3.63, 3.8) is 0 Å². The highest BCUT2D eigenvalue weighted by Crippen LogP contribution is 2.30. The quantitative estimate of drug-likeness (QED) is 0.607. The smallest absolute Gasteiger partial charge is 0.416 e. The van der Waals surface area contributed by atoms with Crippen LogP contribution < -0.4 is 10.1 Å². The van der Waals surface area contributed by atoms with Gasteiger partial charge in [-0.25, -0.2) is 9.18 Å². The first-order valence-electron chi connectivity index (χ1n) is 7.71. The lowest BCUT2D eigenvalue weighted by Gasteiger charge is -2.15. The van der Waals surface area contributed by atoms with Gasteiger partial charge in [0.1, 0.15) is 11.6 Å². The molecule has 0 unspecified atom stereocenters. The van der Waals surface area contributed by atoms with Crippen molar-refractivity contribution in [2.24, 2.45) is 0 Å². The van der Waals surface area contributed by atoms with Crippen LogP contribution in [0, 0.1) is 5.82 Å². The van der Waals surface area contributed by atoms with Crippen LogP contribution >= 0.6 is 0 Å². The van der Waals surface area contributed by atoms with E-state index in [1.165, 1.54) is 25.1 Å². The number of esters is 1. The third-order valence-electron chi connectivity index (χ3n) is 3.31. The fourth-order valence-corrected chi connectivity index (χ4v) is 1.97. The molecule has 0 bridgehead atoms. The normalized spacial score (nSPS) is 12.2. The number of carbonyl (C=O) groups is 2. The van der Waals surface area contributed by atoms with Crippen molar-refractivity contribution in [1.82, 2.24) is 0 Å². The maximum Gasteiger partial charge on any atom is 0.416 e. The standard InChI is InChI=1S/C18H15F4NO4/c1-11(27-16(24)10-26-15-7-5-13(19)6-8-15)17(25)23-14-4-2-3-12(9-14)18(20,21)22/h2-9,11H,10H2,1H3,(H,23,25)/t11-/m0/s1. The summed E-state index contributed by atoms with van der Waals surface area (Å²) in [6.45, 7) is 0.742. The number of alkyl halides is 3. The molecule has 0 aliphatic carbocycles. The minimum absolute atomic E-state index is 0.0831. The van der Waals surface area contributed by atoms with Crippen LogP contribution in [-0.2, 0) is 20.5 Å². The third-order valence-corrected chi connectivity index (χ3v) is 3.31. The van der Waals surface area contributed by atoms with Crippen LogP contribution in [0.1, 0.15) is 12.5 Å². The number of carbonyl (C=O) groups excluding carboxylic acids is 2. The third kappa shape index (κ3) is 6.28. The molecule has 0 aromatic heterocycles. The fourth-order valence-electron chi connectivity index (χ4n) is 1.97. The number of anilines is 1. The van der Waals surface area contributed by atoms with Gasteiger partial charge in [0.05, 0.1) is 5.56 Å². The SMILES string of the molecule is C[C@H](OC(=O)COc1ccc(F)cc1)C(=O)Nc1cccc(C(F)(F)F)c1. The van der Waals surface area contributed by atoms with E-state index in [1.54, 1.807) is 0 Å². The second-order valence-electron chi connectivity index (χ2n) is 5.44. The molecule has 1 N–H and O–H groups in total. The predicted octanol–water partition coefficient (Wildman–Crippen LogP) is 3.79. The zero-order valence-corrected chi connectivity index (χ0v) is 14.0. The van der Waals surface area contributed by atoms with Gasteiger partial charge >= 0.3 is 12.1 Å². The second-order valence-corrected chi connectivity index (χ2v) is 5.44. The lowest BCUT2D eigenvalue weighted by molar-refractivity contribution is -0.155. The van der Waals surface area contributed by atoms with Crippen molar-refractivity contribution in [3.05, 3.63) is 59.9 Å². The lowest BCUT2D eigenvalue weighted by Crippen LogP contribution is -2.31. The summed E-state index contributed by atoms with van der Waals surface area (Å²) in [4.78, 5) is 23.7. The molecule has 1 amide bonds. The first-order chi connectivity index (χ1) is 12.6. The number of nitrogens with one attached hydrogen (secondary N) is 1. The first-order valence-corrected chi connectivity index (χ1v) is 7.71. The summed E-state index contributed by atoms with van der Waals surface area (Å²) in [5.41, 5.74) is -1.00. The molecule has 1 atom stereocenters. The summed E-state index contributed by atoms with van der Waals surface area (Å²) >= 11 is 0. The van der Waals surface area contributed by atoms with Gasteiger partial charge in [-0.15, -0.1) is 0 Å². The Bertz CT molecular complexity index is 806. The number of benzene rings is 2. The number of hydrogen-bond acceptors (Lipinski definition) is 4. The maximum atomic E-state index is 12.8. The summed E-state index contributed by atoms with van der Waals surface area (Å²) in [7, 11) is 0. The van der Waals surface area contributed by atoms with Crippen LogP contribution in [0.5, 0.6) is 5.75 Å². The number of halogens is 4. The van der Waals surface area contributed by atoms with E-state index in [1.807, 2.05) is 0 Å². The van der Waals surface area contributed by atoms with Gasteiger partial charge in [-0.1, -0.05) is 6.07 Å². The summed E-state index contributed by atoms with van der Waals surface area (Å²) in [6, 6.07) is 8.97. The molecule has 5 nitrogen and oxygen atoms in total. The molecule has 2 aromatic carbocycles. The minimum atomic E-state index is -4.55. The van der Waals surface area contributed by atoms with E-state index in [4.69, 9.17) is 9.47 Å². The van der Waals surface area contributed by atoms with Crippen LogP contribution in [0.25, 0.3) is 0 Å². The molecule has 0 saturated heterocycles. The van der Waals surface area contributed by atoms with Crippen LogP contribution in [0.15, 0.2) is 48.5 Å². The highest BCUT2D eigenvalue weighted by atomic mass is 19.4. The number of ether oxygens (including phenoxy) is 2. The Morgan fingerprint density at radius 2 is 1.78 bits per heavy atom. The van der Waals surface area contributed by atoms with E-state index in [9.17, 15) is 27.2 Å². The van der Waals surface area contributed by atoms with Gasteiger partial charge < -0.3 is 14.8 Å². The highest BCUT2D eigenvalue weighted by Gasteiger charge is 2.30. The Balaban J connectivity index is 1.86. The molecule has 0 saturated carbocycles. The highest BCUT2D eigenvalue weighted by molar-refractivity contribution is 5.95. The van der Waals surface area contributed by atoms with E-state index < -0.39 is 42.1 Å². The van der Waals surface area contributed by atoms with E-state index >= 15 is 0 Å². The average molecular weight is 385 g/mol. The van der Waals surface area contributed by atoms with Crippen LogP contribution in [0.4, 0.5) is 23.2 Å². The van der Waals surface area contributed by atoms with Crippen molar-refractivity contribution >= 4 is 17.6 Å². The first kappa shape index (κ1) is 20.2. The average Bonchev–Trinajstić information content (AvgIpc) is 2.60. The van der Waals surface area contributed by atoms with Gasteiger partial charge in [-0.05, 0) is 49.4 Å². The lowest BCUT2D eigenvalue weighted by atomic mass is 10.2. The zero-order valence-electron chi connectivity index (χ0n) is 14.0. The molecule has 144 valence electrons. The Labute approximate surface area is 151 Å². The Morgan fingerprint density at radius 3 is 2.41 bits per heavy atom. The van der Waals surface area contributed by atoms with Crippen molar-refractivity contribution in [3.8, 4) is 5.75 Å². The maximum absolute atomic E-state index is 12.8. The van der Waals surface area contributed by atoms with Gasteiger partial charge in [0.2, 0.25) is 0 Å². The molecular formula is C18H15F4NO4. The van der Waals surface area contributed by atoms with Crippen molar-refractivity contribution in [1.29, 1.82) is 0 Å². The Morgan fingerprint density at radius 1 is 1.11 bits per heavy atom. The van der Waals surface area contributed by atoms with Crippen molar-refractivity contribution in [2.75, 3.05) is 11.9 Å². The molecule has 2 aromatic rings. The Kier molecular flexibility index (Phi) is 6.38. The molecule has 0 spiro atoms. The molecule has 0 aliphatic rings. The molecule has 0 fully saturated rings. The fraction of sp³-hybridized carbons (Fsp3) is 0.222. The molecule has 2 rings (SSSR count). The second kappa shape index (κ2) is 8.52. The monoisotopic (exact) mass is 385 g/mol. The molecular weight excluding hydrogens is 370 g/mol. The van der Waals surface area contributed by atoms with Gasteiger partial charge in [-0.3, -0.25) is 4.79 Å².